The Morgan fingerprint density at radius 3 is 2.27 bits per heavy atom. The van der Waals surface area contributed by atoms with Gasteiger partial charge >= 0.3 is 5.97 Å². The number of carbonyl (C=O) groups excluding carboxylic acids is 1. The lowest BCUT2D eigenvalue weighted by Crippen LogP contribution is -2.44. The molecule has 2 N–H and O–H groups in total. The maximum Gasteiger partial charge on any atom is 0.315 e. The van der Waals surface area contributed by atoms with E-state index >= 15 is 0 Å². The van der Waals surface area contributed by atoms with Gasteiger partial charge in [-0.3, -0.25) is 9.59 Å². The molecule has 0 heterocycles. The van der Waals surface area contributed by atoms with Gasteiger partial charge < -0.3 is 15.2 Å². The second kappa shape index (κ2) is 8.52. The van der Waals surface area contributed by atoms with Gasteiger partial charge in [0.15, 0.2) is 0 Å². The van der Waals surface area contributed by atoms with Crippen LogP contribution in [0.2, 0.25) is 0 Å². The Kier molecular flexibility index (Phi) is 6.39. The lowest BCUT2D eigenvalue weighted by atomic mass is 9.82. The van der Waals surface area contributed by atoms with E-state index in [-0.39, 0.29) is 24.8 Å². The highest BCUT2D eigenvalue weighted by Gasteiger charge is 2.35. The molecule has 1 amide bonds. The van der Waals surface area contributed by atoms with Crippen molar-refractivity contribution < 1.29 is 19.4 Å². The summed E-state index contributed by atoms with van der Waals surface area (Å²) in [6.45, 7) is 3.63. The fraction of sp³-hybridized carbons (Fsp3) is 0.333. The van der Waals surface area contributed by atoms with Gasteiger partial charge in [-0.15, -0.1) is 0 Å². The quantitative estimate of drug-likeness (QED) is 0.761. The van der Waals surface area contributed by atoms with Crippen molar-refractivity contribution >= 4 is 11.9 Å². The van der Waals surface area contributed by atoms with Crippen LogP contribution in [0.5, 0.6) is 5.75 Å². The molecule has 2 atom stereocenters. The number of hydrogen-bond donors (Lipinski definition) is 2. The first-order valence-electron chi connectivity index (χ1n) is 8.56. The third kappa shape index (κ3) is 4.63. The Morgan fingerprint density at radius 1 is 1.12 bits per heavy atom. The number of hydrogen-bond acceptors (Lipinski definition) is 3. The highest BCUT2D eigenvalue weighted by Crippen LogP contribution is 2.24. The molecule has 2 unspecified atom stereocenters. The van der Waals surface area contributed by atoms with Crippen LogP contribution in [0.4, 0.5) is 0 Å². The van der Waals surface area contributed by atoms with Gasteiger partial charge in [0.1, 0.15) is 11.2 Å². The molecule has 0 fully saturated rings. The number of benzene rings is 2. The van der Waals surface area contributed by atoms with Crippen LogP contribution in [-0.2, 0) is 15.0 Å². The Hall–Kier alpha value is -2.82. The maximum absolute atomic E-state index is 12.3. The molecule has 2 aromatic carbocycles. The number of carbonyl (C=O) groups is 2. The molecule has 0 aliphatic rings. The molecule has 5 nitrogen and oxygen atoms in total. The van der Waals surface area contributed by atoms with Gasteiger partial charge in [0.2, 0.25) is 5.91 Å². The van der Waals surface area contributed by atoms with E-state index in [9.17, 15) is 14.7 Å². The van der Waals surface area contributed by atoms with Crippen LogP contribution in [-0.4, -0.2) is 30.6 Å². The molecular formula is C21H25NO4. The summed E-state index contributed by atoms with van der Waals surface area (Å²) >= 11 is 0. The molecule has 2 aromatic rings. The number of rotatable bonds is 8. The van der Waals surface area contributed by atoms with E-state index in [4.69, 9.17) is 4.74 Å². The summed E-state index contributed by atoms with van der Waals surface area (Å²) in [4.78, 5) is 24.1. The summed E-state index contributed by atoms with van der Waals surface area (Å²) in [5.41, 5.74) is 0.529. The zero-order valence-corrected chi connectivity index (χ0v) is 15.4. The number of nitrogens with one attached hydrogen (secondary N) is 1. The normalized spacial score (nSPS) is 14.1. The molecule has 0 aromatic heterocycles. The van der Waals surface area contributed by atoms with Gasteiger partial charge in [0.05, 0.1) is 7.11 Å². The first-order chi connectivity index (χ1) is 12.4. The zero-order valence-electron chi connectivity index (χ0n) is 15.4. The molecule has 5 heteroatoms. The highest BCUT2D eigenvalue weighted by atomic mass is 16.5. The van der Waals surface area contributed by atoms with Crippen LogP contribution < -0.4 is 10.1 Å². The Morgan fingerprint density at radius 2 is 1.73 bits per heavy atom. The topological polar surface area (TPSA) is 75.6 Å². The van der Waals surface area contributed by atoms with E-state index in [1.807, 2.05) is 37.3 Å². The molecule has 0 spiro atoms. The Bertz CT molecular complexity index is 742. The molecule has 26 heavy (non-hydrogen) atoms. The maximum atomic E-state index is 12.3. The van der Waals surface area contributed by atoms with Crippen molar-refractivity contribution in [1.82, 2.24) is 5.32 Å². The molecular weight excluding hydrogens is 330 g/mol. The van der Waals surface area contributed by atoms with Crippen LogP contribution in [0.15, 0.2) is 54.6 Å². The first kappa shape index (κ1) is 19.5. The second-order valence-corrected chi connectivity index (χ2v) is 6.66. The van der Waals surface area contributed by atoms with E-state index in [1.165, 1.54) is 0 Å². The fourth-order valence-electron chi connectivity index (χ4n) is 2.78. The first-order valence-corrected chi connectivity index (χ1v) is 8.56. The van der Waals surface area contributed by atoms with E-state index < -0.39 is 11.4 Å². The molecule has 0 saturated carbocycles. The van der Waals surface area contributed by atoms with Crippen molar-refractivity contribution in [2.45, 2.75) is 31.6 Å². The summed E-state index contributed by atoms with van der Waals surface area (Å²) in [6.07, 6.45) is 0.289. The van der Waals surface area contributed by atoms with Gasteiger partial charge in [0.25, 0.3) is 0 Å². The predicted molar refractivity (Wildman–Crippen MR) is 100 cm³/mol. The second-order valence-electron chi connectivity index (χ2n) is 6.66. The lowest BCUT2D eigenvalue weighted by molar-refractivity contribution is -0.143. The third-order valence-electron chi connectivity index (χ3n) is 4.70. The molecule has 0 saturated heterocycles. The Balaban J connectivity index is 1.98. The standard InChI is InChI=1S/C21H25NO4/c1-15(16-9-11-18(26-3)12-10-16)13-19(23)22-14-21(2,20(24)25)17-7-5-4-6-8-17/h4-12,15H,13-14H2,1-3H3,(H,22,23)(H,24,25). The number of aliphatic carboxylic acids is 1. The number of carboxylic acids is 1. The van der Waals surface area contributed by atoms with Gasteiger partial charge in [-0.25, -0.2) is 0 Å². The number of carboxylic acid groups (broad SMARTS) is 1. The summed E-state index contributed by atoms with van der Waals surface area (Å²) < 4.78 is 5.14. The Labute approximate surface area is 154 Å². The monoisotopic (exact) mass is 355 g/mol. The summed E-state index contributed by atoms with van der Waals surface area (Å²) in [5, 5.41) is 12.4. The van der Waals surface area contributed by atoms with Gasteiger partial charge in [-0.1, -0.05) is 49.4 Å². The summed E-state index contributed by atoms with van der Waals surface area (Å²) in [6, 6.07) is 16.5. The van der Waals surface area contributed by atoms with Gasteiger partial charge in [-0.05, 0) is 36.1 Å². The van der Waals surface area contributed by atoms with Crippen molar-refractivity contribution in [3.63, 3.8) is 0 Å². The van der Waals surface area contributed by atoms with Gasteiger partial charge in [-0.2, -0.15) is 0 Å². The molecule has 0 aliphatic heterocycles. The SMILES string of the molecule is COc1ccc(C(C)CC(=O)NCC(C)(C(=O)O)c2ccccc2)cc1. The molecule has 0 radical (unpaired) electrons. The van der Waals surface area contributed by atoms with Crippen LogP contribution >= 0.6 is 0 Å². The average molecular weight is 355 g/mol. The molecule has 0 aliphatic carbocycles. The van der Waals surface area contributed by atoms with Crippen molar-refractivity contribution in [2.24, 2.45) is 0 Å². The lowest BCUT2D eigenvalue weighted by Gasteiger charge is -2.26. The largest absolute Gasteiger partial charge is 0.497 e. The van der Waals surface area contributed by atoms with Crippen molar-refractivity contribution in [1.29, 1.82) is 0 Å². The highest BCUT2D eigenvalue weighted by molar-refractivity contribution is 5.83. The molecule has 0 bridgehead atoms. The minimum Gasteiger partial charge on any atom is -0.497 e. The minimum atomic E-state index is -1.17. The third-order valence-corrected chi connectivity index (χ3v) is 4.70. The van der Waals surface area contributed by atoms with Crippen LogP contribution in [0, 0.1) is 0 Å². The van der Waals surface area contributed by atoms with Crippen molar-refractivity contribution in [3.8, 4) is 5.75 Å². The number of ether oxygens (including phenoxy) is 1. The van der Waals surface area contributed by atoms with Crippen LogP contribution in [0.3, 0.4) is 0 Å². The predicted octanol–water partition coefficient (Wildman–Crippen LogP) is 3.35. The number of amides is 1. The van der Waals surface area contributed by atoms with Crippen LogP contribution in [0.1, 0.15) is 37.3 Å². The van der Waals surface area contributed by atoms with Gasteiger partial charge in [0, 0.05) is 13.0 Å². The van der Waals surface area contributed by atoms with Crippen molar-refractivity contribution in [3.05, 3.63) is 65.7 Å². The molecule has 2 rings (SSSR count). The average Bonchev–Trinajstić information content (AvgIpc) is 2.66. The molecule has 138 valence electrons. The van der Waals surface area contributed by atoms with E-state index in [0.717, 1.165) is 11.3 Å². The number of methoxy groups -OCH3 is 1. The van der Waals surface area contributed by atoms with Crippen molar-refractivity contribution in [2.75, 3.05) is 13.7 Å². The minimum absolute atomic E-state index is 0.0220. The summed E-state index contributed by atoms with van der Waals surface area (Å²) in [5.74, 6) is -0.344. The zero-order chi connectivity index (χ0) is 19.2. The van der Waals surface area contributed by atoms with E-state index in [0.29, 0.717) is 5.56 Å². The fourth-order valence-corrected chi connectivity index (χ4v) is 2.78. The smallest absolute Gasteiger partial charge is 0.315 e. The van der Waals surface area contributed by atoms with Crippen LogP contribution in [0.25, 0.3) is 0 Å². The van der Waals surface area contributed by atoms with E-state index in [2.05, 4.69) is 5.32 Å². The summed E-state index contributed by atoms with van der Waals surface area (Å²) in [7, 11) is 1.61. The van der Waals surface area contributed by atoms with E-state index in [1.54, 1.807) is 38.3 Å².